The van der Waals surface area contributed by atoms with E-state index < -0.39 is 0 Å². The Morgan fingerprint density at radius 3 is 2.72 bits per heavy atom. The second-order valence-electron chi connectivity index (χ2n) is 9.72. The Bertz CT molecular complexity index is 646. The van der Waals surface area contributed by atoms with Crippen molar-refractivity contribution < 1.29 is 14.3 Å². The van der Waals surface area contributed by atoms with Crippen molar-refractivity contribution in [2.75, 3.05) is 13.2 Å². The lowest BCUT2D eigenvalue weighted by Gasteiger charge is -2.54. The highest BCUT2D eigenvalue weighted by Gasteiger charge is 2.70. The molecule has 0 bridgehead atoms. The van der Waals surface area contributed by atoms with Gasteiger partial charge < -0.3 is 9.47 Å². The van der Waals surface area contributed by atoms with Gasteiger partial charge in [0, 0.05) is 24.2 Å². The van der Waals surface area contributed by atoms with E-state index in [-0.39, 0.29) is 11.2 Å². The molecule has 0 amide bonds. The summed E-state index contributed by atoms with van der Waals surface area (Å²) in [6, 6.07) is 0. The molecule has 0 aromatic carbocycles. The first-order valence-electron chi connectivity index (χ1n) is 10.7. The first-order chi connectivity index (χ1) is 12.2. The molecule has 0 radical (unpaired) electrons. The van der Waals surface area contributed by atoms with Crippen LogP contribution in [0.2, 0.25) is 0 Å². The van der Waals surface area contributed by atoms with E-state index >= 15 is 0 Å². The van der Waals surface area contributed by atoms with Crippen LogP contribution in [0.5, 0.6) is 0 Å². The summed E-state index contributed by atoms with van der Waals surface area (Å²) in [4.78, 5) is 13.0. The molecule has 0 unspecified atom stereocenters. The number of hydrogen-bond acceptors (Lipinski definition) is 3. The number of Topliss-reactive ketones (excluding diaryl/α,β-unsaturated/α-hetero) is 1. The summed E-state index contributed by atoms with van der Waals surface area (Å²) < 4.78 is 12.0. The van der Waals surface area contributed by atoms with E-state index in [1.54, 1.807) is 5.57 Å². The van der Waals surface area contributed by atoms with E-state index in [0.29, 0.717) is 17.6 Å². The maximum Gasteiger partial charge on any atom is 0.172 e. The van der Waals surface area contributed by atoms with E-state index in [0.717, 1.165) is 56.1 Å². The minimum atomic E-state index is -0.290. The standard InChI is InChI=1S/C22H30O3/c1-2-21-7-5-15-14-6-8-22(24-9-10-25-22)12-13(14)3-4-16(15)19(21)17-11-18(17)20(21)23/h3,14-19H,2,4-12H2,1H3/t14-,15+,16+,17+,18-,19+,21-/m0/s1. The number of carbonyl (C=O) groups is 1. The van der Waals surface area contributed by atoms with Crippen LogP contribution in [0.1, 0.15) is 58.3 Å². The maximum atomic E-state index is 13.0. The lowest BCUT2D eigenvalue weighted by atomic mass is 9.50. The molecular formula is C22H30O3. The van der Waals surface area contributed by atoms with E-state index in [9.17, 15) is 4.79 Å². The molecule has 25 heavy (non-hydrogen) atoms. The van der Waals surface area contributed by atoms with Gasteiger partial charge in [-0.3, -0.25) is 4.79 Å². The van der Waals surface area contributed by atoms with Gasteiger partial charge in [-0.15, -0.1) is 0 Å². The highest BCUT2D eigenvalue weighted by Crippen LogP contribution is 2.71. The van der Waals surface area contributed by atoms with E-state index in [4.69, 9.17) is 9.47 Å². The first-order valence-corrected chi connectivity index (χ1v) is 10.7. The molecule has 5 fully saturated rings. The maximum absolute atomic E-state index is 13.0. The molecule has 0 aromatic heterocycles. The number of ether oxygens (including phenoxy) is 2. The molecule has 5 aliphatic carbocycles. The third-order valence-electron chi connectivity index (χ3n) is 9.10. The van der Waals surface area contributed by atoms with Crippen molar-refractivity contribution >= 4 is 5.78 Å². The summed E-state index contributed by atoms with van der Waals surface area (Å²) >= 11 is 0. The molecule has 6 rings (SSSR count). The van der Waals surface area contributed by atoms with Crippen molar-refractivity contribution in [3.8, 4) is 0 Å². The third kappa shape index (κ3) is 1.87. The van der Waals surface area contributed by atoms with Crippen LogP contribution >= 0.6 is 0 Å². The topological polar surface area (TPSA) is 35.5 Å². The number of carbonyl (C=O) groups excluding carboxylic acids is 1. The van der Waals surface area contributed by atoms with Gasteiger partial charge in [0.05, 0.1) is 13.2 Å². The number of allylic oxidation sites excluding steroid dienone is 1. The van der Waals surface area contributed by atoms with Crippen molar-refractivity contribution in [2.45, 2.75) is 64.1 Å². The highest BCUT2D eigenvalue weighted by molar-refractivity contribution is 5.93. The van der Waals surface area contributed by atoms with Gasteiger partial charge in [-0.2, -0.15) is 0 Å². The molecule has 0 N–H and O–H groups in total. The minimum Gasteiger partial charge on any atom is -0.347 e. The molecule has 3 nitrogen and oxygen atoms in total. The zero-order chi connectivity index (χ0) is 16.8. The molecule has 1 saturated heterocycles. The largest absolute Gasteiger partial charge is 0.347 e. The van der Waals surface area contributed by atoms with E-state index in [1.807, 2.05) is 0 Å². The van der Waals surface area contributed by atoms with E-state index in [2.05, 4.69) is 13.0 Å². The van der Waals surface area contributed by atoms with Crippen LogP contribution in [0.15, 0.2) is 11.6 Å². The zero-order valence-electron chi connectivity index (χ0n) is 15.3. The van der Waals surface area contributed by atoms with Gasteiger partial charge in [0.25, 0.3) is 0 Å². The molecule has 1 heterocycles. The lowest BCUT2D eigenvalue weighted by Crippen LogP contribution is -2.50. The van der Waals surface area contributed by atoms with Crippen LogP contribution in [-0.2, 0) is 14.3 Å². The zero-order valence-corrected chi connectivity index (χ0v) is 15.3. The smallest absolute Gasteiger partial charge is 0.172 e. The SMILES string of the molecule is CC[C@]12CC[C@H]3[C@@H](CC=C4CC5(CC[C@@H]43)OCCO5)[C@@H]1[C@@H]1C[C@@H]1C2=O. The normalized spacial score (nSPS) is 52.2. The molecule has 1 aliphatic heterocycles. The third-order valence-corrected chi connectivity index (χ3v) is 9.10. The second kappa shape index (κ2) is 4.98. The molecule has 3 heteroatoms. The Morgan fingerprint density at radius 1 is 1.08 bits per heavy atom. The van der Waals surface area contributed by atoms with Gasteiger partial charge in [0.1, 0.15) is 5.78 Å². The molecular weight excluding hydrogens is 312 g/mol. The van der Waals surface area contributed by atoms with Gasteiger partial charge >= 0.3 is 0 Å². The van der Waals surface area contributed by atoms with Crippen molar-refractivity contribution in [2.24, 2.45) is 40.9 Å². The first kappa shape index (κ1) is 15.4. The van der Waals surface area contributed by atoms with Crippen molar-refractivity contribution in [3.63, 3.8) is 0 Å². The minimum absolute atomic E-state index is 0.0632. The Kier molecular flexibility index (Phi) is 3.07. The van der Waals surface area contributed by atoms with Crippen LogP contribution < -0.4 is 0 Å². The Hall–Kier alpha value is -0.670. The van der Waals surface area contributed by atoms with Gasteiger partial charge in [-0.25, -0.2) is 0 Å². The number of rotatable bonds is 1. The lowest BCUT2D eigenvalue weighted by molar-refractivity contribution is -0.176. The van der Waals surface area contributed by atoms with Crippen LogP contribution in [0.4, 0.5) is 0 Å². The molecule has 7 atom stereocenters. The summed E-state index contributed by atoms with van der Waals surface area (Å²) in [5.74, 6) is 4.58. The van der Waals surface area contributed by atoms with Gasteiger partial charge in [0.2, 0.25) is 0 Å². The fraction of sp³-hybridized carbons (Fsp3) is 0.864. The monoisotopic (exact) mass is 342 g/mol. The van der Waals surface area contributed by atoms with Gasteiger partial charge in [0.15, 0.2) is 5.79 Å². The number of hydrogen-bond donors (Lipinski definition) is 0. The average molecular weight is 342 g/mol. The number of ketones is 1. The second-order valence-corrected chi connectivity index (χ2v) is 9.72. The van der Waals surface area contributed by atoms with E-state index in [1.165, 1.54) is 32.1 Å². The van der Waals surface area contributed by atoms with Crippen LogP contribution in [-0.4, -0.2) is 24.8 Å². The van der Waals surface area contributed by atoms with Crippen molar-refractivity contribution in [1.82, 2.24) is 0 Å². The Labute approximate surface area is 150 Å². The average Bonchev–Trinajstić information content (AvgIpc) is 3.23. The van der Waals surface area contributed by atoms with Gasteiger partial charge in [-0.1, -0.05) is 18.6 Å². The van der Waals surface area contributed by atoms with Crippen molar-refractivity contribution in [1.29, 1.82) is 0 Å². The van der Waals surface area contributed by atoms with Crippen LogP contribution in [0.3, 0.4) is 0 Å². The summed E-state index contributed by atoms with van der Waals surface area (Å²) in [5, 5.41) is 0. The quantitative estimate of drug-likeness (QED) is 0.673. The Morgan fingerprint density at radius 2 is 1.92 bits per heavy atom. The Balaban J connectivity index is 1.32. The summed E-state index contributed by atoms with van der Waals surface area (Å²) in [5.41, 5.74) is 1.68. The summed E-state index contributed by atoms with van der Waals surface area (Å²) in [7, 11) is 0. The molecule has 0 aromatic rings. The fourth-order valence-corrected chi connectivity index (χ4v) is 8.02. The predicted molar refractivity (Wildman–Crippen MR) is 93.7 cm³/mol. The highest BCUT2D eigenvalue weighted by atomic mass is 16.7. The fourth-order valence-electron chi connectivity index (χ4n) is 8.02. The molecule has 1 spiro atoms. The molecule has 6 aliphatic rings. The molecule has 4 saturated carbocycles. The summed E-state index contributed by atoms with van der Waals surface area (Å²) in [6.45, 7) is 3.80. The van der Waals surface area contributed by atoms with Crippen molar-refractivity contribution in [3.05, 3.63) is 11.6 Å². The van der Waals surface area contributed by atoms with Gasteiger partial charge in [-0.05, 0) is 68.1 Å². The molecule has 136 valence electrons. The van der Waals surface area contributed by atoms with Crippen LogP contribution in [0, 0.1) is 40.9 Å². The van der Waals surface area contributed by atoms with Crippen LogP contribution in [0.25, 0.3) is 0 Å². The number of fused-ring (bicyclic) bond motifs is 7. The predicted octanol–water partition coefficient (Wildman–Crippen LogP) is 4.12. The summed E-state index contributed by atoms with van der Waals surface area (Å²) in [6.07, 6.45) is 11.8.